The molecule has 16 nitrogen and oxygen atoms in total. The van der Waals surface area contributed by atoms with Crippen LogP contribution in [0.25, 0.3) is 44.2 Å². The first-order valence-electron chi connectivity index (χ1n) is 22.4. The predicted octanol–water partition coefficient (Wildman–Crippen LogP) is 7.65. The second-order valence-electron chi connectivity index (χ2n) is 17.9. The van der Waals surface area contributed by atoms with Crippen LogP contribution < -0.4 is 15.4 Å². The highest BCUT2D eigenvalue weighted by molar-refractivity contribution is 6.07. The van der Waals surface area contributed by atoms with Crippen molar-refractivity contribution in [2.24, 2.45) is 23.7 Å². The average Bonchev–Trinajstić information content (AvgIpc) is 4.14. The van der Waals surface area contributed by atoms with Crippen LogP contribution >= 0.6 is 0 Å². The number of benzene rings is 3. The van der Waals surface area contributed by atoms with Crippen LogP contribution in [0.4, 0.5) is 9.59 Å². The molecule has 2 saturated heterocycles. The van der Waals surface area contributed by atoms with Gasteiger partial charge in [-0.15, -0.1) is 0 Å². The second kappa shape index (κ2) is 18.5. The molecule has 16 heteroatoms. The number of alkyl carbamates (subject to hydrolysis) is 2. The first-order valence-corrected chi connectivity index (χ1v) is 22.4. The maximum absolute atomic E-state index is 14.2. The van der Waals surface area contributed by atoms with Crippen LogP contribution in [0.1, 0.15) is 89.6 Å². The SMILES string of the molecule is CCC(C)C(NC(=O)OC)C(=O)N1CC(COC)C[C@H]1c1nc2c(ccc3cc4c(cc32)OCc2cc(-c3cnc([C@@H]5C[C@H](C)CN5C(=O)[C@H](NC(=O)OC)C(C)CC)[nH]3)ccc2-4)[nH]1. The molecule has 0 bridgehead atoms. The van der Waals surface area contributed by atoms with Crippen molar-refractivity contribution >= 4 is 45.8 Å². The molecule has 8 rings (SSSR count). The van der Waals surface area contributed by atoms with E-state index >= 15 is 0 Å². The maximum Gasteiger partial charge on any atom is 0.407 e. The van der Waals surface area contributed by atoms with Crippen molar-refractivity contribution in [2.75, 3.05) is 41.0 Å². The molecule has 0 spiro atoms. The third-order valence-corrected chi connectivity index (χ3v) is 13.6. The number of H-pyrrole nitrogens is 2. The number of nitrogens with zero attached hydrogens (tertiary/aromatic N) is 4. The summed E-state index contributed by atoms with van der Waals surface area (Å²) in [5, 5.41) is 7.49. The Hall–Kier alpha value is -6.16. The van der Waals surface area contributed by atoms with E-state index in [9.17, 15) is 19.2 Å². The molecule has 4 unspecified atom stereocenters. The number of ether oxygens (including phenoxy) is 4. The number of carbonyl (C=O) groups excluding carboxylic acids is 4. The first-order chi connectivity index (χ1) is 30.8. The van der Waals surface area contributed by atoms with Crippen molar-refractivity contribution in [3.8, 4) is 28.1 Å². The number of aromatic nitrogens is 4. The van der Waals surface area contributed by atoms with E-state index in [1.54, 1.807) is 7.11 Å². The van der Waals surface area contributed by atoms with Crippen molar-refractivity contribution in [3.63, 3.8) is 0 Å². The normalized spacial score (nSPS) is 21.1. The molecule has 5 aromatic rings. The number of rotatable bonds is 13. The van der Waals surface area contributed by atoms with Gasteiger partial charge in [0.1, 0.15) is 36.1 Å². The van der Waals surface area contributed by atoms with Crippen molar-refractivity contribution in [3.05, 3.63) is 65.9 Å². The lowest BCUT2D eigenvalue weighted by molar-refractivity contribution is -0.136. The molecule has 4 amide bonds. The average molecular weight is 877 g/mol. The van der Waals surface area contributed by atoms with Crippen molar-refractivity contribution in [2.45, 2.75) is 91.1 Å². The van der Waals surface area contributed by atoms with Gasteiger partial charge < -0.3 is 49.3 Å². The molecule has 0 saturated carbocycles. The summed E-state index contributed by atoms with van der Waals surface area (Å²) in [6, 6.07) is 12.6. The molecule has 5 heterocycles. The molecule has 8 atom stereocenters. The van der Waals surface area contributed by atoms with E-state index in [4.69, 9.17) is 28.9 Å². The van der Waals surface area contributed by atoms with E-state index in [1.165, 1.54) is 14.2 Å². The standard InChI is InChI=1S/C48H60N8O8/c1-9-26(4)40(53-47(59)62-7)45(57)55-21-25(3)15-37(55)43-49-20-36(51-43)30-11-13-32-31(17-30)24-64-39-19-33-29(18-34(32)39)12-14-35-42(33)52-44(50-35)38-16-28(23-61-6)22-56(38)46(58)41(27(5)10-2)54-48(60)63-8/h11-14,17-20,25-28,37-38,40-41H,9-10,15-16,21-24H2,1-8H3,(H,49,51)(H,50,52)(H,53,59)(H,54,60)/t25-,26?,27?,28?,37-,38-,40+,41?/m0/s1. The third kappa shape index (κ3) is 8.47. The topological polar surface area (TPSA) is 193 Å². The van der Waals surface area contributed by atoms with Gasteiger partial charge in [-0.25, -0.2) is 19.6 Å². The molecular formula is C48H60N8O8. The number of methoxy groups -OCH3 is 3. The number of aromatic amines is 2. The Labute approximate surface area is 373 Å². The molecule has 340 valence electrons. The highest BCUT2D eigenvalue weighted by Crippen LogP contribution is 2.44. The van der Waals surface area contributed by atoms with E-state index < -0.39 is 24.3 Å². The molecule has 4 N–H and O–H groups in total. The van der Waals surface area contributed by atoms with Crippen LogP contribution in [0.15, 0.2) is 48.7 Å². The molecular weight excluding hydrogens is 817 g/mol. The fraction of sp³-hybridized carbons (Fsp3) is 0.500. The fourth-order valence-corrected chi connectivity index (χ4v) is 9.71. The zero-order valence-corrected chi connectivity index (χ0v) is 37.9. The summed E-state index contributed by atoms with van der Waals surface area (Å²) in [6.07, 6.45) is 3.38. The van der Waals surface area contributed by atoms with E-state index in [2.05, 4.69) is 63.9 Å². The summed E-state index contributed by atoms with van der Waals surface area (Å²) in [4.78, 5) is 73.4. The highest BCUT2D eigenvalue weighted by Gasteiger charge is 2.43. The zero-order valence-electron chi connectivity index (χ0n) is 37.9. The van der Waals surface area contributed by atoms with Crippen LogP contribution in [0.5, 0.6) is 5.75 Å². The Morgan fingerprint density at radius 3 is 2.16 bits per heavy atom. The highest BCUT2D eigenvalue weighted by atomic mass is 16.5. The lowest BCUT2D eigenvalue weighted by atomic mass is 9.92. The van der Waals surface area contributed by atoms with Gasteiger partial charge in [-0.1, -0.05) is 65.7 Å². The number of likely N-dealkylation sites (tertiary alicyclic amines) is 2. The Morgan fingerprint density at radius 1 is 0.828 bits per heavy atom. The molecule has 3 aliphatic heterocycles. The minimum atomic E-state index is -0.748. The third-order valence-electron chi connectivity index (χ3n) is 13.6. The van der Waals surface area contributed by atoms with Crippen molar-refractivity contribution < 1.29 is 38.1 Å². The Bertz CT molecular complexity index is 2550. The van der Waals surface area contributed by atoms with Gasteiger partial charge >= 0.3 is 12.2 Å². The summed E-state index contributed by atoms with van der Waals surface area (Å²) in [7, 11) is 4.26. The number of fused-ring (bicyclic) bond motifs is 6. The molecule has 2 fully saturated rings. The van der Waals surface area contributed by atoms with Gasteiger partial charge in [0, 0.05) is 37.1 Å². The van der Waals surface area contributed by atoms with Gasteiger partial charge in [-0.2, -0.15) is 0 Å². The van der Waals surface area contributed by atoms with Gasteiger partial charge in [0.25, 0.3) is 0 Å². The predicted molar refractivity (Wildman–Crippen MR) is 241 cm³/mol. The Balaban J connectivity index is 1.05. The smallest absolute Gasteiger partial charge is 0.407 e. The summed E-state index contributed by atoms with van der Waals surface area (Å²) < 4.78 is 21.7. The van der Waals surface area contributed by atoms with Gasteiger partial charge in [0.15, 0.2) is 0 Å². The molecule has 0 aliphatic carbocycles. The Morgan fingerprint density at radius 2 is 1.50 bits per heavy atom. The minimum absolute atomic E-state index is 0.0792. The van der Waals surface area contributed by atoms with Crippen LogP contribution in [-0.2, 0) is 30.4 Å². The van der Waals surface area contributed by atoms with E-state index in [0.717, 1.165) is 68.3 Å². The van der Waals surface area contributed by atoms with Gasteiger partial charge in [0.05, 0.1) is 55.8 Å². The second-order valence-corrected chi connectivity index (χ2v) is 17.9. The lowest BCUT2D eigenvalue weighted by Gasteiger charge is -2.30. The molecule has 0 radical (unpaired) electrons. The zero-order chi connectivity index (χ0) is 45.4. The molecule has 3 aliphatic rings. The number of imidazole rings is 2. The number of nitrogens with one attached hydrogen (secondary N) is 4. The summed E-state index contributed by atoms with van der Waals surface area (Å²) in [5.74, 6) is 2.00. The summed E-state index contributed by atoms with van der Waals surface area (Å²) >= 11 is 0. The summed E-state index contributed by atoms with van der Waals surface area (Å²) in [6.45, 7) is 11.9. The van der Waals surface area contributed by atoms with E-state index in [-0.39, 0.29) is 47.6 Å². The molecule has 2 aromatic heterocycles. The lowest BCUT2D eigenvalue weighted by Crippen LogP contribution is -2.51. The quantitative estimate of drug-likeness (QED) is 0.0913. The van der Waals surface area contributed by atoms with Crippen molar-refractivity contribution in [1.29, 1.82) is 0 Å². The first kappa shape index (κ1) is 44.4. The molecule has 3 aromatic carbocycles. The van der Waals surface area contributed by atoms with Gasteiger partial charge in [0.2, 0.25) is 11.8 Å². The minimum Gasteiger partial charge on any atom is -0.488 e. The Kier molecular flexibility index (Phi) is 12.9. The fourth-order valence-electron chi connectivity index (χ4n) is 9.71. The largest absolute Gasteiger partial charge is 0.488 e. The number of hydrogen-bond acceptors (Lipinski definition) is 10. The van der Waals surface area contributed by atoms with Gasteiger partial charge in [-0.3, -0.25) is 9.59 Å². The van der Waals surface area contributed by atoms with Crippen LogP contribution in [0, 0.1) is 23.7 Å². The van der Waals surface area contributed by atoms with E-state index in [0.29, 0.717) is 50.8 Å². The maximum atomic E-state index is 14.2. The van der Waals surface area contributed by atoms with Crippen LogP contribution in [0.2, 0.25) is 0 Å². The monoisotopic (exact) mass is 876 g/mol. The summed E-state index contributed by atoms with van der Waals surface area (Å²) in [5.41, 5.74) is 6.52. The van der Waals surface area contributed by atoms with Crippen molar-refractivity contribution in [1.82, 2.24) is 40.4 Å². The van der Waals surface area contributed by atoms with E-state index in [1.807, 2.05) is 49.8 Å². The van der Waals surface area contributed by atoms with Crippen LogP contribution in [0.3, 0.4) is 0 Å². The number of carbonyl (C=O) groups is 4. The molecule has 64 heavy (non-hydrogen) atoms. The van der Waals surface area contributed by atoms with Crippen LogP contribution in [-0.4, -0.2) is 107 Å². The number of hydrogen-bond donors (Lipinski definition) is 4. The van der Waals surface area contributed by atoms with Gasteiger partial charge in [-0.05, 0) is 76.9 Å². The number of amides is 4.